The van der Waals surface area contributed by atoms with Crippen LogP contribution in [0.1, 0.15) is 0 Å². The van der Waals surface area contributed by atoms with Gasteiger partial charge in [-0.1, -0.05) is 140 Å². The highest BCUT2D eigenvalue weighted by Gasteiger charge is 2.28. The Balaban J connectivity index is 1.22. The molecule has 0 aliphatic carbocycles. The van der Waals surface area contributed by atoms with Gasteiger partial charge < -0.3 is 25.5 Å². The van der Waals surface area contributed by atoms with Crippen LogP contribution in [0.4, 0.5) is 0 Å². The molecule has 6 nitrogen and oxygen atoms in total. The molecular formula is C49H31NO5. The number of fused-ring (bicyclic) bond motifs is 7. The van der Waals surface area contributed by atoms with Gasteiger partial charge in [0.1, 0.15) is 0 Å². The Morgan fingerprint density at radius 1 is 0.327 bits per heavy atom. The van der Waals surface area contributed by atoms with Crippen LogP contribution in [0.25, 0.3) is 98.5 Å². The highest BCUT2D eigenvalue weighted by Crippen LogP contribution is 2.58. The summed E-state index contributed by atoms with van der Waals surface area (Å²) in [6, 6.07) is 51.2. The van der Waals surface area contributed by atoms with E-state index in [-0.39, 0.29) is 5.56 Å². The van der Waals surface area contributed by atoms with Crippen molar-refractivity contribution < 1.29 is 25.5 Å². The lowest BCUT2D eigenvalue weighted by Crippen LogP contribution is -1.94. The summed E-state index contributed by atoms with van der Waals surface area (Å²) in [6.45, 7) is 0. The Morgan fingerprint density at radius 3 is 1.65 bits per heavy atom. The fraction of sp³-hybridized carbons (Fsp3) is 0. The van der Waals surface area contributed by atoms with Gasteiger partial charge in [-0.05, 0) is 82.7 Å². The zero-order valence-electron chi connectivity index (χ0n) is 29.2. The lowest BCUT2D eigenvalue weighted by atomic mass is 9.84. The first-order chi connectivity index (χ1) is 26.9. The maximum Gasteiger partial charge on any atom is 0.208 e. The number of benzene rings is 9. The number of aromatic hydroxyl groups is 5. The molecule has 1 heterocycles. The zero-order chi connectivity index (χ0) is 37.4. The number of pyridine rings is 1. The third-order valence-electron chi connectivity index (χ3n) is 10.8. The quantitative estimate of drug-likeness (QED) is 0.0537. The Hall–Kier alpha value is -7.57. The molecule has 0 unspecified atom stereocenters. The Labute approximate surface area is 314 Å². The first-order valence-corrected chi connectivity index (χ1v) is 17.9. The van der Waals surface area contributed by atoms with Gasteiger partial charge >= 0.3 is 0 Å². The van der Waals surface area contributed by atoms with Gasteiger partial charge in [0.15, 0.2) is 11.5 Å². The summed E-state index contributed by atoms with van der Waals surface area (Å²) in [4.78, 5) is 5.08. The van der Waals surface area contributed by atoms with Crippen LogP contribution in [0.5, 0.6) is 28.7 Å². The van der Waals surface area contributed by atoms with Gasteiger partial charge in [-0.2, -0.15) is 0 Å². The Morgan fingerprint density at radius 2 is 0.909 bits per heavy atom. The first-order valence-electron chi connectivity index (χ1n) is 17.9. The van der Waals surface area contributed by atoms with Gasteiger partial charge in [-0.3, -0.25) is 4.98 Å². The first kappa shape index (κ1) is 32.1. The van der Waals surface area contributed by atoms with Crippen LogP contribution in [0.15, 0.2) is 158 Å². The van der Waals surface area contributed by atoms with Crippen LogP contribution in [0.2, 0.25) is 0 Å². The van der Waals surface area contributed by atoms with Crippen molar-refractivity contribution in [1.82, 2.24) is 4.98 Å². The molecule has 0 fully saturated rings. The molecule has 0 bridgehead atoms. The second-order valence-electron chi connectivity index (χ2n) is 13.8. The molecule has 0 aliphatic heterocycles. The Kier molecular flexibility index (Phi) is 7.15. The second-order valence-corrected chi connectivity index (χ2v) is 13.8. The molecule has 262 valence electrons. The molecule has 6 heteroatoms. The van der Waals surface area contributed by atoms with Crippen molar-refractivity contribution in [3.63, 3.8) is 0 Å². The van der Waals surface area contributed by atoms with E-state index in [1.807, 2.05) is 79.0 Å². The lowest BCUT2D eigenvalue weighted by Gasteiger charge is -2.20. The third-order valence-corrected chi connectivity index (χ3v) is 10.8. The molecule has 5 N–H and O–H groups in total. The lowest BCUT2D eigenvalue weighted by molar-refractivity contribution is 0.330. The van der Waals surface area contributed by atoms with Gasteiger partial charge in [0, 0.05) is 22.9 Å². The fourth-order valence-electron chi connectivity index (χ4n) is 8.28. The summed E-state index contributed by atoms with van der Waals surface area (Å²) >= 11 is 0. The number of hydrogen-bond acceptors (Lipinski definition) is 6. The summed E-state index contributed by atoms with van der Waals surface area (Å²) in [7, 11) is 0. The van der Waals surface area contributed by atoms with E-state index in [2.05, 4.69) is 78.9 Å². The van der Waals surface area contributed by atoms with E-state index in [9.17, 15) is 25.5 Å². The average molecular weight is 714 g/mol. The topological polar surface area (TPSA) is 114 Å². The SMILES string of the molecule is Oc1c(O)c(O)c(-c2c3ccccc3c(-c3ccc(-c4cccc5c4ccc4ccc6ccccc6c45)nc3)c3cc(-c4ccccc4)ccc23)c(O)c1O. The van der Waals surface area contributed by atoms with Crippen molar-refractivity contribution in [1.29, 1.82) is 0 Å². The molecule has 55 heavy (non-hydrogen) atoms. The van der Waals surface area contributed by atoms with Gasteiger partial charge in [0.05, 0.1) is 11.3 Å². The zero-order valence-corrected chi connectivity index (χ0v) is 29.2. The van der Waals surface area contributed by atoms with Crippen molar-refractivity contribution >= 4 is 53.9 Å². The van der Waals surface area contributed by atoms with Crippen molar-refractivity contribution in [2.75, 3.05) is 0 Å². The largest absolute Gasteiger partial charge is 0.504 e. The number of nitrogens with zero attached hydrogens (tertiary/aromatic N) is 1. The van der Waals surface area contributed by atoms with Gasteiger partial charge in [0.25, 0.3) is 0 Å². The van der Waals surface area contributed by atoms with E-state index in [4.69, 9.17) is 4.98 Å². The van der Waals surface area contributed by atoms with E-state index >= 15 is 0 Å². The molecule has 0 atom stereocenters. The minimum Gasteiger partial charge on any atom is -0.504 e. The molecule has 0 saturated heterocycles. The van der Waals surface area contributed by atoms with E-state index < -0.39 is 28.7 Å². The van der Waals surface area contributed by atoms with E-state index in [1.165, 1.54) is 21.5 Å². The molecule has 10 aromatic rings. The molecule has 9 aromatic carbocycles. The maximum atomic E-state index is 11.2. The molecule has 0 saturated carbocycles. The predicted molar refractivity (Wildman–Crippen MR) is 222 cm³/mol. The van der Waals surface area contributed by atoms with Crippen LogP contribution < -0.4 is 0 Å². The smallest absolute Gasteiger partial charge is 0.208 e. The summed E-state index contributed by atoms with van der Waals surface area (Å²) in [5.74, 6) is -4.36. The van der Waals surface area contributed by atoms with Crippen LogP contribution in [-0.2, 0) is 0 Å². The van der Waals surface area contributed by atoms with Crippen LogP contribution in [0.3, 0.4) is 0 Å². The molecular weight excluding hydrogens is 683 g/mol. The van der Waals surface area contributed by atoms with Crippen molar-refractivity contribution in [3.8, 4) is 73.4 Å². The van der Waals surface area contributed by atoms with Gasteiger partial charge in [0.2, 0.25) is 17.2 Å². The molecule has 0 radical (unpaired) electrons. The van der Waals surface area contributed by atoms with Crippen LogP contribution in [0, 0.1) is 0 Å². The average Bonchev–Trinajstić information content (AvgIpc) is 3.24. The highest BCUT2D eigenvalue weighted by molar-refractivity contribution is 6.24. The minimum absolute atomic E-state index is 0.197. The summed E-state index contributed by atoms with van der Waals surface area (Å²) in [5.41, 5.74) is 5.71. The van der Waals surface area contributed by atoms with Crippen LogP contribution in [-0.4, -0.2) is 30.5 Å². The maximum absolute atomic E-state index is 11.2. The number of phenols is 5. The molecule has 0 spiro atoms. The highest BCUT2D eigenvalue weighted by atomic mass is 16.4. The minimum atomic E-state index is -1.01. The van der Waals surface area contributed by atoms with E-state index in [0.29, 0.717) is 16.3 Å². The van der Waals surface area contributed by atoms with Gasteiger partial charge in [-0.15, -0.1) is 0 Å². The monoisotopic (exact) mass is 713 g/mol. The Bertz CT molecular complexity index is 3160. The number of aromatic nitrogens is 1. The van der Waals surface area contributed by atoms with E-state index in [1.54, 1.807) is 0 Å². The number of hydrogen-bond donors (Lipinski definition) is 5. The van der Waals surface area contributed by atoms with Crippen molar-refractivity contribution in [2.45, 2.75) is 0 Å². The summed E-state index contributed by atoms with van der Waals surface area (Å²) in [5, 5.41) is 63.9. The predicted octanol–water partition coefficient (Wildman–Crippen LogP) is 12.0. The molecule has 1 aromatic heterocycles. The van der Waals surface area contributed by atoms with Gasteiger partial charge in [-0.25, -0.2) is 0 Å². The van der Waals surface area contributed by atoms with Crippen LogP contribution >= 0.6 is 0 Å². The second kappa shape index (κ2) is 12.3. The summed E-state index contributed by atoms with van der Waals surface area (Å²) < 4.78 is 0. The molecule has 0 aliphatic rings. The normalized spacial score (nSPS) is 11.6. The molecule has 0 amide bonds. The van der Waals surface area contributed by atoms with Crippen molar-refractivity contribution in [2.24, 2.45) is 0 Å². The number of rotatable bonds is 4. The fourth-order valence-corrected chi connectivity index (χ4v) is 8.28. The van der Waals surface area contributed by atoms with Crippen molar-refractivity contribution in [3.05, 3.63) is 158 Å². The number of phenolic OH excluding ortho intramolecular Hbond substituents is 5. The third kappa shape index (κ3) is 4.85. The standard InChI is InChI=1S/C49H31NO5/c51-45-44(46(52)48(54)49(55)47(45)53)43-37-14-7-6-13-36(37)42(39-25-30(20-23-38(39)43)27-9-2-1-3-10-27)31-21-24-40(50-26-31)34-15-8-16-35-33(34)22-19-29-18-17-28-11-4-5-12-32(28)41(29)35/h1-26,51-55H. The van der Waals surface area contributed by atoms with E-state index in [0.717, 1.165) is 55.1 Å². The molecule has 10 rings (SSSR count). The summed E-state index contributed by atoms with van der Waals surface area (Å²) in [6.07, 6.45) is 1.88.